The summed E-state index contributed by atoms with van der Waals surface area (Å²) in [6, 6.07) is 9.51. The van der Waals surface area contributed by atoms with Crippen LogP contribution in [-0.4, -0.2) is 10.9 Å². The van der Waals surface area contributed by atoms with Gasteiger partial charge >= 0.3 is 0 Å². The Balaban J connectivity index is 2.13. The van der Waals surface area contributed by atoms with Crippen LogP contribution in [0.25, 0.3) is 0 Å². The normalized spacial score (nSPS) is 23.8. The third-order valence-electron chi connectivity index (χ3n) is 3.37. The minimum Gasteiger partial charge on any atom is -0.388 e. The van der Waals surface area contributed by atoms with Crippen molar-refractivity contribution < 1.29 is 9.90 Å². The lowest BCUT2D eigenvalue weighted by atomic mass is 9.88. The Morgan fingerprint density at radius 3 is 2.62 bits per heavy atom. The summed E-state index contributed by atoms with van der Waals surface area (Å²) in [5.74, 6) is 0.0405. The molecule has 2 heteroatoms. The molecule has 2 atom stereocenters. The van der Waals surface area contributed by atoms with Crippen LogP contribution >= 0.6 is 0 Å². The molecule has 2 nitrogen and oxygen atoms in total. The molecule has 0 amide bonds. The molecule has 86 valence electrons. The topological polar surface area (TPSA) is 37.3 Å². The van der Waals surface area contributed by atoms with Gasteiger partial charge in [-0.25, -0.2) is 0 Å². The first-order valence-electron chi connectivity index (χ1n) is 6.05. The number of aliphatic hydroxyl groups is 1. The number of rotatable bonds is 2. The van der Waals surface area contributed by atoms with Crippen molar-refractivity contribution >= 4 is 5.78 Å². The summed E-state index contributed by atoms with van der Waals surface area (Å²) in [7, 11) is 0. The van der Waals surface area contributed by atoms with Crippen LogP contribution in [-0.2, 0) is 4.79 Å². The highest BCUT2D eigenvalue weighted by Gasteiger charge is 2.28. The molecule has 0 heterocycles. The van der Waals surface area contributed by atoms with Crippen LogP contribution < -0.4 is 0 Å². The fraction of sp³-hybridized carbons (Fsp3) is 0.500. The molecule has 1 aliphatic carbocycles. The number of benzene rings is 1. The van der Waals surface area contributed by atoms with E-state index in [2.05, 4.69) is 0 Å². The van der Waals surface area contributed by atoms with E-state index in [1.807, 2.05) is 30.3 Å². The SMILES string of the molecule is O=C1CCCCC[C@@H]1[C@@H](O)c1ccccc1. The minimum absolute atomic E-state index is 0.190. The molecule has 1 fully saturated rings. The molecule has 1 saturated carbocycles. The third kappa shape index (κ3) is 2.50. The molecule has 0 spiro atoms. The Hall–Kier alpha value is -1.15. The fourth-order valence-electron chi connectivity index (χ4n) is 2.40. The molecule has 1 aliphatic rings. The average Bonchev–Trinajstić information content (AvgIpc) is 2.54. The van der Waals surface area contributed by atoms with Gasteiger partial charge in [-0.05, 0) is 18.4 Å². The van der Waals surface area contributed by atoms with Crippen LogP contribution in [0.15, 0.2) is 30.3 Å². The summed E-state index contributed by atoms with van der Waals surface area (Å²) in [5, 5.41) is 10.2. The van der Waals surface area contributed by atoms with Gasteiger partial charge in [0.15, 0.2) is 0 Å². The number of carbonyl (C=O) groups is 1. The van der Waals surface area contributed by atoms with E-state index in [1.165, 1.54) is 0 Å². The molecule has 1 aromatic rings. The Labute approximate surface area is 96.3 Å². The molecular weight excluding hydrogens is 200 g/mol. The zero-order valence-electron chi connectivity index (χ0n) is 9.43. The molecule has 0 radical (unpaired) electrons. The van der Waals surface area contributed by atoms with Gasteiger partial charge in [-0.3, -0.25) is 4.79 Å². The van der Waals surface area contributed by atoms with E-state index in [1.54, 1.807) is 0 Å². The average molecular weight is 218 g/mol. The first-order chi connectivity index (χ1) is 7.79. The van der Waals surface area contributed by atoms with Gasteiger partial charge < -0.3 is 5.11 Å². The smallest absolute Gasteiger partial charge is 0.138 e. The fourth-order valence-corrected chi connectivity index (χ4v) is 2.40. The van der Waals surface area contributed by atoms with Gasteiger partial charge in [0.25, 0.3) is 0 Å². The molecule has 1 aromatic carbocycles. The zero-order chi connectivity index (χ0) is 11.4. The number of hydrogen-bond acceptors (Lipinski definition) is 2. The van der Waals surface area contributed by atoms with Gasteiger partial charge in [-0.1, -0.05) is 43.2 Å². The van der Waals surface area contributed by atoms with Crippen molar-refractivity contribution in [1.29, 1.82) is 0 Å². The summed E-state index contributed by atoms with van der Waals surface area (Å²) in [6.07, 6.45) is 4.00. The number of ketones is 1. The monoisotopic (exact) mass is 218 g/mol. The summed E-state index contributed by atoms with van der Waals surface area (Å²) < 4.78 is 0. The maximum absolute atomic E-state index is 11.9. The van der Waals surface area contributed by atoms with E-state index in [-0.39, 0.29) is 11.7 Å². The van der Waals surface area contributed by atoms with Crippen LogP contribution in [0.3, 0.4) is 0 Å². The highest BCUT2D eigenvalue weighted by atomic mass is 16.3. The van der Waals surface area contributed by atoms with Gasteiger partial charge in [-0.15, -0.1) is 0 Å². The minimum atomic E-state index is -0.619. The molecule has 16 heavy (non-hydrogen) atoms. The maximum Gasteiger partial charge on any atom is 0.138 e. The largest absolute Gasteiger partial charge is 0.388 e. The predicted octanol–water partition coefficient (Wildman–Crippen LogP) is 2.87. The second-order valence-corrected chi connectivity index (χ2v) is 4.53. The van der Waals surface area contributed by atoms with E-state index < -0.39 is 6.10 Å². The number of carbonyl (C=O) groups excluding carboxylic acids is 1. The third-order valence-corrected chi connectivity index (χ3v) is 3.37. The van der Waals surface area contributed by atoms with E-state index in [4.69, 9.17) is 0 Å². The highest BCUT2D eigenvalue weighted by molar-refractivity contribution is 5.81. The van der Waals surface area contributed by atoms with Crippen LogP contribution in [0.4, 0.5) is 0 Å². The Kier molecular flexibility index (Phi) is 3.73. The van der Waals surface area contributed by atoms with Crippen molar-refractivity contribution in [3.8, 4) is 0 Å². The first kappa shape index (κ1) is 11.3. The van der Waals surface area contributed by atoms with Crippen LogP contribution in [0.5, 0.6) is 0 Å². The van der Waals surface area contributed by atoms with Crippen molar-refractivity contribution in [1.82, 2.24) is 0 Å². The van der Waals surface area contributed by atoms with E-state index in [0.717, 1.165) is 31.2 Å². The molecular formula is C14H18O2. The van der Waals surface area contributed by atoms with Gasteiger partial charge in [-0.2, -0.15) is 0 Å². The second kappa shape index (κ2) is 5.26. The summed E-state index contributed by atoms with van der Waals surface area (Å²) in [5.41, 5.74) is 0.864. The quantitative estimate of drug-likeness (QED) is 0.775. The molecule has 0 bridgehead atoms. The van der Waals surface area contributed by atoms with Crippen LogP contribution in [0.2, 0.25) is 0 Å². The number of Topliss-reactive ketones (excluding diaryl/α,β-unsaturated/α-hetero) is 1. The van der Waals surface area contributed by atoms with Crippen molar-refractivity contribution in [2.75, 3.05) is 0 Å². The maximum atomic E-state index is 11.9. The molecule has 0 aromatic heterocycles. The summed E-state index contributed by atoms with van der Waals surface area (Å²) in [4.78, 5) is 11.9. The van der Waals surface area contributed by atoms with Crippen molar-refractivity contribution in [2.45, 2.75) is 38.2 Å². The number of hydrogen-bond donors (Lipinski definition) is 1. The lowest BCUT2D eigenvalue weighted by molar-refractivity contribution is -0.126. The van der Waals surface area contributed by atoms with Crippen molar-refractivity contribution in [2.24, 2.45) is 5.92 Å². The standard InChI is InChI=1S/C14H18O2/c15-13-10-6-2-5-9-12(13)14(16)11-7-3-1-4-8-11/h1,3-4,7-8,12,14,16H,2,5-6,9-10H2/t12-,14-/m0/s1. The number of aliphatic hydroxyl groups excluding tert-OH is 1. The lowest BCUT2D eigenvalue weighted by Gasteiger charge is -2.20. The Bertz CT molecular complexity index is 345. The first-order valence-corrected chi connectivity index (χ1v) is 6.05. The molecule has 0 unspecified atom stereocenters. The molecule has 1 N–H and O–H groups in total. The second-order valence-electron chi connectivity index (χ2n) is 4.53. The van der Waals surface area contributed by atoms with Crippen molar-refractivity contribution in [3.05, 3.63) is 35.9 Å². The van der Waals surface area contributed by atoms with Gasteiger partial charge in [0.2, 0.25) is 0 Å². The van der Waals surface area contributed by atoms with Gasteiger partial charge in [0.05, 0.1) is 6.10 Å². The molecule has 0 aliphatic heterocycles. The zero-order valence-corrected chi connectivity index (χ0v) is 9.43. The van der Waals surface area contributed by atoms with Crippen LogP contribution in [0.1, 0.15) is 43.8 Å². The Morgan fingerprint density at radius 1 is 1.12 bits per heavy atom. The van der Waals surface area contributed by atoms with Gasteiger partial charge in [0, 0.05) is 12.3 Å². The van der Waals surface area contributed by atoms with Crippen LogP contribution in [0, 0.1) is 5.92 Å². The lowest BCUT2D eigenvalue weighted by Crippen LogP contribution is -2.21. The van der Waals surface area contributed by atoms with E-state index in [0.29, 0.717) is 6.42 Å². The predicted molar refractivity (Wildman–Crippen MR) is 63.0 cm³/mol. The van der Waals surface area contributed by atoms with E-state index in [9.17, 15) is 9.90 Å². The highest BCUT2D eigenvalue weighted by Crippen LogP contribution is 2.31. The summed E-state index contributed by atoms with van der Waals surface area (Å²) in [6.45, 7) is 0. The molecule has 2 rings (SSSR count). The van der Waals surface area contributed by atoms with Crippen molar-refractivity contribution in [3.63, 3.8) is 0 Å². The Morgan fingerprint density at radius 2 is 1.88 bits per heavy atom. The van der Waals surface area contributed by atoms with E-state index >= 15 is 0 Å². The molecule has 0 saturated heterocycles. The van der Waals surface area contributed by atoms with Gasteiger partial charge in [0.1, 0.15) is 5.78 Å². The summed E-state index contributed by atoms with van der Waals surface area (Å²) >= 11 is 0.